The van der Waals surface area contributed by atoms with Gasteiger partial charge in [-0.25, -0.2) is 4.79 Å². The quantitative estimate of drug-likeness (QED) is 0.269. The molecule has 0 saturated carbocycles. The fourth-order valence-corrected chi connectivity index (χ4v) is 4.42. The lowest BCUT2D eigenvalue weighted by molar-refractivity contribution is 0.0697. The van der Waals surface area contributed by atoms with Gasteiger partial charge < -0.3 is 29.4 Å². The van der Waals surface area contributed by atoms with E-state index in [4.69, 9.17) is 33.3 Å². The first-order chi connectivity index (χ1) is 18.0. The summed E-state index contributed by atoms with van der Waals surface area (Å²) in [5.41, 5.74) is 3.56. The highest BCUT2D eigenvalue weighted by Gasteiger charge is 2.31. The van der Waals surface area contributed by atoms with Gasteiger partial charge in [-0.05, 0) is 78.4 Å². The predicted octanol–water partition coefficient (Wildman–Crippen LogP) is 6.01. The molecule has 2 N–H and O–H groups in total. The van der Waals surface area contributed by atoms with Gasteiger partial charge in [0.05, 0.1) is 30.0 Å². The number of hydrogen-bond acceptors (Lipinski definition) is 5. The minimum absolute atomic E-state index is 0.00394. The monoisotopic (exact) mass is 533 g/mol. The Morgan fingerprint density at radius 3 is 2.38 bits per heavy atom. The second kappa shape index (κ2) is 10.9. The topological polar surface area (TPSA) is 76.0 Å². The van der Waals surface area contributed by atoms with E-state index in [1.54, 1.807) is 24.3 Å². The van der Waals surface area contributed by atoms with Crippen molar-refractivity contribution in [1.29, 1.82) is 0 Å². The van der Waals surface area contributed by atoms with Gasteiger partial charge in [-0.3, -0.25) is 0 Å². The number of nitrogens with one attached hydrogen (secondary N) is 1. The number of carboxylic acids is 1. The fraction of sp³-hybridized carbons (Fsp3) is 0.143. The van der Waals surface area contributed by atoms with Crippen LogP contribution in [0.4, 0.5) is 11.4 Å². The zero-order valence-electron chi connectivity index (χ0n) is 19.7. The summed E-state index contributed by atoms with van der Waals surface area (Å²) in [7, 11) is 0. The molecule has 4 aromatic rings. The molecular weight excluding hydrogens is 510 g/mol. The third-order valence-electron chi connectivity index (χ3n) is 5.98. The Hall–Kier alpha value is -4.01. The second-order valence-electron chi connectivity index (χ2n) is 8.57. The van der Waals surface area contributed by atoms with Gasteiger partial charge in [-0.1, -0.05) is 29.8 Å². The number of aromatic carboxylic acids is 1. The second-order valence-corrected chi connectivity index (χ2v) is 9.37. The van der Waals surface area contributed by atoms with Crippen molar-refractivity contribution in [2.45, 2.75) is 12.7 Å². The number of halogens is 1. The SMILES string of the molecule is O=C(O)c1cccc(N2CC(Oc3ccc(COC(=S)Nc4ccc(Cl)cc4)cc3)C2)c1-n1cccc1. The molecule has 0 aliphatic carbocycles. The van der Waals surface area contributed by atoms with Crippen LogP contribution in [0.1, 0.15) is 15.9 Å². The normalized spacial score (nSPS) is 13.1. The van der Waals surface area contributed by atoms with E-state index in [2.05, 4.69) is 10.2 Å². The number of carbonyl (C=O) groups is 1. The van der Waals surface area contributed by atoms with Gasteiger partial charge in [0.15, 0.2) is 0 Å². The molecule has 1 saturated heterocycles. The third-order valence-corrected chi connectivity index (χ3v) is 6.46. The van der Waals surface area contributed by atoms with Gasteiger partial charge in [0.25, 0.3) is 5.17 Å². The van der Waals surface area contributed by atoms with Crippen molar-refractivity contribution in [2.75, 3.05) is 23.3 Å². The lowest BCUT2D eigenvalue weighted by Gasteiger charge is -2.41. The highest BCUT2D eigenvalue weighted by atomic mass is 35.5. The number of anilines is 2. The van der Waals surface area contributed by atoms with Crippen molar-refractivity contribution in [3.8, 4) is 11.4 Å². The van der Waals surface area contributed by atoms with E-state index in [-0.39, 0.29) is 16.8 Å². The van der Waals surface area contributed by atoms with E-state index in [0.717, 1.165) is 22.7 Å². The van der Waals surface area contributed by atoms with E-state index in [1.807, 2.05) is 71.6 Å². The first-order valence-corrected chi connectivity index (χ1v) is 12.4. The Morgan fingerprint density at radius 1 is 1.00 bits per heavy atom. The van der Waals surface area contributed by atoms with Crippen LogP contribution in [0.15, 0.2) is 91.3 Å². The lowest BCUT2D eigenvalue weighted by Crippen LogP contribution is -2.54. The Labute approximate surface area is 224 Å². The molecule has 1 fully saturated rings. The molecule has 0 unspecified atom stereocenters. The van der Waals surface area contributed by atoms with Gasteiger partial charge >= 0.3 is 5.97 Å². The molecule has 5 rings (SSSR count). The van der Waals surface area contributed by atoms with E-state index in [1.165, 1.54) is 0 Å². The highest BCUT2D eigenvalue weighted by molar-refractivity contribution is 7.80. The smallest absolute Gasteiger partial charge is 0.337 e. The van der Waals surface area contributed by atoms with Crippen LogP contribution in [0.5, 0.6) is 5.75 Å². The molecule has 0 bridgehead atoms. The summed E-state index contributed by atoms with van der Waals surface area (Å²) in [6.07, 6.45) is 3.71. The molecule has 0 spiro atoms. The molecule has 37 heavy (non-hydrogen) atoms. The van der Waals surface area contributed by atoms with Crippen LogP contribution in [-0.4, -0.2) is 40.0 Å². The summed E-state index contributed by atoms with van der Waals surface area (Å²) in [4.78, 5) is 14.0. The highest BCUT2D eigenvalue weighted by Crippen LogP contribution is 2.32. The van der Waals surface area contributed by atoms with Gasteiger partial charge in [0.1, 0.15) is 18.5 Å². The predicted molar refractivity (Wildman–Crippen MR) is 148 cm³/mol. The maximum atomic E-state index is 11.8. The molecule has 2 heterocycles. The van der Waals surface area contributed by atoms with E-state index >= 15 is 0 Å². The maximum Gasteiger partial charge on any atom is 0.337 e. The zero-order valence-corrected chi connectivity index (χ0v) is 21.3. The molecule has 0 amide bonds. The Morgan fingerprint density at radius 2 is 1.70 bits per heavy atom. The first-order valence-electron chi connectivity index (χ1n) is 11.7. The minimum Gasteiger partial charge on any atom is -0.487 e. The van der Waals surface area contributed by atoms with E-state index in [0.29, 0.717) is 30.4 Å². The molecule has 3 aromatic carbocycles. The molecule has 1 aromatic heterocycles. The van der Waals surface area contributed by atoms with Gasteiger partial charge in [0, 0.05) is 23.1 Å². The van der Waals surface area contributed by atoms with Crippen LogP contribution < -0.4 is 15.0 Å². The number of aromatic nitrogens is 1. The molecule has 188 valence electrons. The number of hydrogen-bond donors (Lipinski definition) is 2. The number of ether oxygens (including phenoxy) is 2. The zero-order chi connectivity index (χ0) is 25.8. The van der Waals surface area contributed by atoms with Gasteiger partial charge in [-0.2, -0.15) is 0 Å². The number of rotatable bonds is 8. The minimum atomic E-state index is -0.954. The van der Waals surface area contributed by atoms with Crippen LogP contribution in [-0.2, 0) is 11.3 Å². The van der Waals surface area contributed by atoms with Crippen LogP contribution in [0.2, 0.25) is 5.02 Å². The molecule has 0 radical (unpaired) electrons. The van der Waals surface area contributed by atoms with Crippen molar-refractivity contribution >= 4 is 46.3 Å². The summed E-state index contributed by atoms with van der Waals surface area (Å²) in [5, 5.41) is 13.7. The van der Waals surface area contributed by atoms with Crippen LogP contribution in [0.3, 0.4) is 0 Å². The largest absolute Gasteiger partial charge is 0.487 e. The molecule has 1 aliphatic rings. The summed E-state index contributed by atoms with van der Waals surface area (Å²) < 4.78 is 13.6. The Kier molecular flexibility index (Phi) is 7.30. The molecule has 7 nitrogen and oxygen atoms in total. The molecule has 9 heteroatoms. The molecular formula is C28H24ClN3O4S. The first kappa shape index (κ1) is 24.7. The number of benzene rings is 3. The van der Waals surface area contributed by atoms with E-state index in [9.17, 15) is 9.90 Å². The summed E-state index contributed by atoms with van der Waals surface area (Å²) in [6.45, 7) is 1.65. The number of carboxylic acid groups (broad SMARTS) is 1. The fourth-order valence-electron chi connectivity index (χ4n) is 4.12. The van der Waals surface area contributed by atoms with Crippen molar-refractivity contribution in [3.05, 3.63) is 107 Å². The van der Waals surface area contributed by atoms with Gasteiger partial charge in [-0.15, -0.1) is 0 Å². The average Bonchev–Trinajstić information content (AvgIpc) is 3.41. The Bertz CT molecular complexity index is 1390. The lowest BCUT2D eigenvalue weighted by atomic mass is 10.1. The van der Waals surface area contributed by atoms with Crippen molar-refractivity contribution in [3.63, 3.8) is 0 Å². The number of thiocarbonyl (C=S) groups is 1. The molecule has 0 atom stereocenters. The summed E-state index contributed by atoms with van der Waals surface area (Å²) >= 11 is 11.2. The third kappa shape index (κ3) is 5.87. The number of nitrogens with zero attached hydrogens (tertiary/aromatic N) is 2. The van der Waals surface area contributed by atoms with Crippen LogP contribution >= 0.6 is 23.8 Å². The van der Waals surface area contributed by atoms with Crippen molar-refractivity contribution < 1.29 is 19.4 Å². The van der Waals surface area contributed by atoms with Gasteiger partial charge in [0.2, 0.25) is 0 Å². The molecule has 1 aliphatic heterocycles. The van der Waals surface area contributed by atoms with Crippen molar-refractivity contribution in [2.24, 2.45) is 0 Å². The summed E-state index contributed by atoms with van der Waals surface area (Å²) in [6, 6.07) is 24.0. The summed E-state index contributed by atoms with van der Waals surface area (Å²) in [5.74, 6) is -0.190. The number of para-hydroxylation sites is 1. The van der Waals surface area contributed by atoms with E-state index < -0.39 is 5.97 Å². The Balaban J connectivity index is 1.14. The standard InChI is InChI=1S/C28H24ClN3O4S/c29-20-8-10-21(11-9-20)30-28(37)35-18-19-6-12-22(13-7-19)36-23-16-32(17-23)25-5-3-4-24(27(33)34)26(25)31-14-1-2-15-31/h1-15,23H,16-18H2,(H,30,37)(H,33,34). The van der Waals surface area contributed by atoms with Crippen LogP contribution in [0, 0.1) is 0 Å². The van der Waals surface area contributed by atoms with Crippen LogP contribution in [0.25, 0.3) is 5.69 Å². The average molecular weight is 534 g/mol. The van der Waals surface area contributed by atoms with Crippen molar-refractivity contribution in [1.82, 2.24) is 4.57 Å². The maximum absolute atomic E-state index is 11.8.